The third-order valence-corrected chi connectivity index (χ3v) is 2.67. The Hall–Kier alpha value is -1.46. The Balaban J connectivity index is 2.57. The predicted molar refractivity (Wildman–Crippen MR) is 79.9 cm³/mol. The molecule has 5 heteroatoms. The average Bonchev–Trinajstić information content (AvgIpc) is 2.27. The van der Waals surface area contributed by atoms with Crippen LogP contribution in [0.25, 0.3) is 0 Å². The van der Waals surface area contributed by atoms with E-state index in [4.69, 9.17) is 22.7 Å². The number of ether oxygens (including phenoxy) is 1. The van der Waals surface area contributed by atoms with Crippen LogP contribution >= 0.6 is 12.2 Å². The van der Waals surface area contributed by atoms with E-state index in [1.807, 2.05) is 50.1 Å². The Morgan fingerprint density at radius 3 is 2.74 bits per heavy atom. The number of hydrogen-bond donors (Lipinski definition) is 1. The highest BCUT2D eigenvalue weighted by atomic mass is 32.1. The van der Waals surface area contributed by atoms with E-state index in [1.165, 1.54) is 0 Å². The van der Waals surface area contributed by atoms with Gasteiger partial charge in [-0.05, 0) is 32.5 Å². The lowest BCUT2D eigenvalue weighted by molar-refractivity contribution is -0.148. The fourth-order valence-corrected chi connectivity index (χ4v) is 1.84. The van der Waals surface area contributed by atoms with Crippen LogP contribution in [-0.2, 0) is 16.1 Å². The third kappa shape index (κ3) is 5.81. The quantitative estimate of drug-likeness (QED) is 0.635. The minimum absolute atomic E-state index is 0.0844. The summed E-state index contributed by atoms with van der Waals surface area (Å²) in [6.07, 6.45) is -0.0844. The molecule has 0 fully saturated rings. The van der Waals surface area contributed by atoms with Gasteiger partial charge in [0, 0.05) is 12.1 Å². The summed E-state index contributed by atoms with van der Waals surface area (Å²) in [6.45, 7) is 4.58. The predicted octanol–water partition coefficient (Wildman–Crippen LogP) is 1.70. The topological polar surface area (TPSA) is 55.6 Å². The molecule has 0 saturated carbocycles. The van der Waals surface area contributed by atoms with Crippen molar-refractivity contribution in [2.45, 2.75) is 26.5 Å². The Labute approximate surface area is 119 Å². The van der Waals surface area contributed by atoms with Crippen molar-refractivity contribution >= 4 is 23.2 Å². The first-order valence-corrected chi connectivity index (χ1v) is 6.56. The summed E-state index contributed by atoms with van der Waals surface area (Å²) in [5.41, 5.74) is 7.49. The van der Waals surface area contributed by atoms with Crippen LogP contribution in [0.1, 0.15) is 25.0 Å². The van der Waals surface area contributed by atoms with Crippen molar-refractivity contribution in [2.75, 3.05) is 13.6 Å². The van der Waals surface area contributed by atoms with Gasteiger partial charge < -0.3 is 10.5 Å². The van der Waals surface area contributed by atoms with Crippen LogP contribution < -0.4 is 5.73 Å². The zero-order valence-corrected chi connectivity index (χ0v) is 12.4. The van der Waals surface area contributed by atoms with Gasteiger partial charge in [0.25, 0.3) is 0 Å². The fourth-order valence-electron chi connectivity index (χ4n) is 1.71. The molecule has 0 aromatic heterocycles. The van der Waals surface area contributed by atoms with Gasteiger partial charge in [-0.25, -0.2) is 0 Å². The van der Waals surface area contributed by atoms with Gasteiger partial charge >= 0.3 is 5.97 Å². The van der Waals surface area contributed by atoms with E-state index in [0.717, 1.165) is 11.1 Å². The maximum Gasteiger partial charge on any atom is 0.320 e. The number of likely N-dealkylation sites (N-methyl/N-ethyl adjacent to an activating group) is 1. The molecule has 19 heavy (non-hydrogen) atoms. The van der Waals surface area contributed by atoms with Crippen molar-refractivity contribution in [3.8, 4) is 0 Å². The molecule has 0 spiro atoms. The van der Waals surface area contributed by atoms with Crippen molar-refractivity contribution < 1.29 is 9.53 Å². The summed E-state index contributed by atoms with van der Waals surface area (Å²) in [5, 5.41) is 0. The van der Waals surface area contributed by atoms with Crippen LogP contribution in [0.2, 0.25) is 0 Å². The van der Waals surface area contributed by atoms with Crippen LogP contribution in [0, 0.1) is 0 Å². The molecule has 104 valence electrons. The Kier molecular flexibility index (Phi) is 5.92. The summed E-state index contributed by atoms with van der Waals surface area (Å²) in [6, 6.07) is 7.70. The Morgan fingerprint density at radius 1 is 1.47 bits per heavy atom. The molecule has 0 bridgehead atoms. The lowest BCUT2D eigenvalue weighted by atomic mass is 10.1. The minimum Gasteiger partial charge on any atom is -0.462 e. The first-order valence-electron chi connectivity index (χ1n) is 6.15. The van der Waals surface area contributed by atoms with Crippen molar-refractivity contribution in [1.29, 1.82) is 0 Å². The average molecular weight is 280 g/mol. The van der Waals surface area contributed by atoms with Crippen molar-refractivity contribution in [3.63, 3.8) is 0 Å². The number of carbonyl (C=O) groups excluding carboxylic acids is 1. The standard InChI is InChI=1S/C14H20N2O2S/c1-10(2)18-13(17)9-16(3)8-11-5-4-6-12(7-11)14(15)19/h4-7,10H,8-9H2,1-3H3,(H2,15,19). The number of benzene rings is 1. The molecule has 0 atom stereocenters. The monoisotopic (exact) mass is 280 g/mol. The van der Waals surface area contributed by atoms with Crippen molar-refractivity contribution in [3.05, 3.63) is 35.4 Å². The number of esters is 1. The Morgan fingerprint density at radius 2 is 2.16 bits per heavy atom. The molecule has 0 amide bonds. The van der Waals surface area contributed by atoms with Gasteiger partial charge in [-0.2, -0.15) is 0 Å². The van der Waals surface area contributed by atoms with Gasteiger partial charge in [0.05, 0.1) is 12.6 Å². The van der Waals surface area contributed by atoms with Crippen LogP contribution in [0.4, 0.5) is 0 Å². The van der Waals surface area contributed by atoms with Crippen molar-refractivity contribution in [1.82, 2.24) is 4.90 Å². The number of carbonyl (C=O) groups is 1. The molecule has 0 aliphatic heterocycles. The van der Waals surface area contributed by atoms with E-state index in [-0.39, 0.29) is 18.6 Å². The second kappa shape index (κ2) is 7.21. The molecule has 1 aromatic carbocycles. The maximum atomic E-state index is 11.5. The van der Waals surface area contributed by atoms with E-state index >= 15 is 0 Å². The SMILES string of the molecule is CC(C)OC(=O)CN(C)Cc1cccc(C(N)=S)c1. The lowest BCUT2D eigenvalue weighted by Crippen LogP contribution is -2.28. The zero-order chi connectivity index (χ0) is 14.4. The molecule has 0 radical (unpaired) electrons. The highest BCUT2D eigenvalue weighted by Gasteiger charge is 2.10. The minimum atomic E-state index is -0.219. The maximum absolute atomic E-state index is 11.5. The molecule has 0 aliphatic rings. The largest absolute Gasteiger partial charge is 0.462 e. The summed E-state index contributed by atoms with van der Waals surface area (Å²) in [5.74, 6) is -0.219. The number of hydrogen-bond acceptors (Lipinski definition) is 4. The normalized spacial score (nSPS) is 10.8. The Bertz CT molecular complexity index is 461. The van der Waals surface area contributed by atoms with Gasteiger partial charge in [0.2, 0.25) is 0 Å². The second-order valence-corrected chi connectivity index (χ2v) is 5.22. The third-order valence-electron chi connectivity index (χ3n) is 2.43. The molecule has 0 aliphatic carbocycles. The van der Waals surface area contributed by atoms with Crippen LogP contribution in [-0.4, -0.2) is 35.6 Å². The molecule has 1 aromatic rings. The van der Waals surface area contributed by atoms with Crippen LogP contribution in [0.5, 0.6) is 0 Å². The number of nitrogens with two attached hydrogens (primary N) is 1. The molecule has 0 unspecified atom stereocenters. The lowest BCUT2D eigenvalue weighted by Gasteiger charge is -2.17. The van der Waals surface area contributed by atoms with E-state index in [0.29, 0.717) is 11.5 Å². The first kappa shape index (κ1) is 15.6. The van der Waals surface area contributed by atoms with Gasteiger partial charge in [-0.1, -0.05) is 30.4 Å². The van der Waals surface area contributed by atoms with Gasteiger partial charge in [-0.15, -0.1) is 0 Å². The van der Waals surface area contributed by atoms with Gasteiger partial charge in [0.15, 0.2) is 0 Å². The summed E-state index contributed by atoms with van der Waals surface area (Å²) in [7, 11) is 1.87. The molecular formula is C14H20N2O2S. The highest BCUT2D eigenvalue weighted by Crippen LogP contribution is 2.08. The van der Waals surface area contributed by atoms with E-state index < -0.39 is 0 Å². The number of rotatable bonds is 6. The summed E-state index contributed by atoms with van der Waals surface area (Å²) < 4.78 is 5.10. The second-order valence-electron chi connectivity index (χ2n) is 4.78. The first-order chi connectivity index (χ1) is 8.88. The molecule has 4 nitrogen and oxygen atoms in total. The summed E-state index contributed by atoms with van der Waals surface area (Å²) in [4.78, 5) is 13.8. The molecular weight excluding hydrogens is 260 g/mol. The van der Waals surface area contributed by atoms with Crippen LogP contribution in [0.15, 0.2) is 24.3 Å². The number of thiocarbonyl (C=S) groups is 1. The van der Waals surface area contributed by atoms with E-state index in [1.54, 1.807) is 0 Å². The molecule has 1 rings (SSSR count). The van der Waals surface area contributed by atoms with E-state index in [2.05, 4.69) is 0 Å². The summed E-state index contributed by atoms with van der Waals surface area (Å²) >= 11 is 4.94. The van der Waals surface area contributed by atoms with Gasteiger partial charge in [-0.3, -0.25) is 9.69 Å². The molecule has 0 saturated heterocycles. The van der Waals surface area contributed by atoms with Gasteiger partial charge in [0.1, 0.15) is 4.99 Å². The molecule has 0 heterocycles. The number of nitrogens with zero attached hydrogens (tertiary/aromatic N) is 1. The molecule has 2 N–H and O–H groups in total. The zero-order valence-electron chi connectivity index (χ0n) is 11.6. The highest BCUT2D eigenvalue weighted by molar-refractivity contribution is 7.80. The fraction of sp³-hybridized carbons (Fsp3) is 0.429. The van der Waals surface area contributed by atoms with Crippen molar-refractivity contribution in [2.24, 2.45) is 5.73 Å². The van der Waals surface area contributed by atoms with E-state index in [9.17, 15) is 4.79 Å². The smallest absolute Gasteiger partial charge is 0.320 e. The van der Waals surface area contributed by atoms with Crippen LogP contribution in [0.3, 0.4) is 0 Å².